The summed E-state index contributed by atoms with van der Waals surface area (Å²) in [4.78, 5) is 30.2. The van der Waals surface area contributed by atoms with Crippen LogP contribution < -0.4 is 0 Å². The van der Waals surface area contributed by atoms with Gasteiger partial charge in [-0.2, -0.15) is 0 Å². The van der Waals surface area contributed by atoms with Crippen LogP contribution in [0.1, 0.15) is 32.1 Å². The number of hydrogen-bond acceptors (Lipinski definition) is 4. The Hall–Kier alpha value is -1.14. The molecule has 0 radical (unpaired) electrons. The topological polar surface area (TPSA) is 53.1 Å². The number of carbonyl (C=O) groups excluding carboxylic acids is 2. The zero-order chi connectivity index (χ0) is 15.7. The molecular weight excluding hydrogens is 282 g/mol. The van der Waals surface area contributed by atoms with Gasteiger partial charge in [0.15, 0.2) is 0 Å². The molecule has 124 valence electrons. The lowest BCUT2D eigenvalue weighted by Gasteiger charge is -2.45. The van der Waals surface area contributed by atoms with Crippen LogP contribution in [0, 0.1) is 0 Å². The van der Waals surface area contributed by atoms with E-state index in [9.17, 15) is 9.59 Å². The fourth-order valence-electron chi connectivity index (χ4n) is 3.96. The second-order valence-corrected chi connectivity index (χ2v) is 6.90. The van der Waals surface area contributed by atoms with Crippen molar-refractivity contribution in [3.8, 4) is 0 Å². The normalized spacial score (nSPS) is 30.0. The van der Waals surface area contributed by atoms with Crippen molar-refractivity contribution in [1.29, 1.82) is 0 Å². The van der Waals surface area contributed by atoms with Gasteiger partial charge in [0.25, 0.3) is 0 Å². The van der Waals surface area contributed by atoms with Gasteiger partial charge in [0.05, 0.1) is 18.7 Å². The molecule has 0 N–H and O–H groups in total. The molecule has 2 heterocycles. The van der Waals surface area contributed by atoms with Gasteiger partial charge in [0.1, 0.15) is 6.61 Å². The van der Waals surface area contributed by atoms with Crippen LogP contribution in [-0.4, -0.2) is 85.0 Å². The Morgan fingerprint density at radius 1 is 1.32 bits per heavy atom. The summed E-state index contributed by atoms with van der Waals surface area (Å²) in [5.74, 6) is 0.192. The van der Waals surface area contributed by atoms with E-state index in [1.54, 1.807) is 4.90 Å². The van der Waals surface area contributed by atoms with Crippen molar-refractivity contribution in [1.82, 2.24) is 14.7 Å². The highest BCUT2D eigenvalue weighted by Gasteiger charge is 2.40. The Morgan fingerprint density at radius 3 is 2.77 bits per heavy atom. The molecule has 0 bridgehead atoms. The highest BCUT2D eigenvalue weighted by Crippen LogP contribution is 2.24. The first-order chi connectivity index (χ1) is 10.6. The first kappa shape index (κ1) is 15.7. The van der Waals surface area contributed by atoms with Gasteiger partial charge in [0.2, 0.25) is 11.8 Å². The summed E-state index contributed by atoms with van der Waals surface area (Å²) < 4.78 is 5.62. The Balaban J connectivity index is 1.56. The second kappa shape index (κ2) is 6.54. The number of hydrogen-bond donors (Lipinski definition) is 0. The highest BCUT2D eigenvalue weighted by molar-refractivity contribution is 5.80. The van der Waals surface area contributed by atoms with Gasteiger partial charge in [-0.1, -0.05) is 12.8 Å². The van der Waals surface area contributed by atoms with Gasteiger partial charge in [-0.15, -0.1) is 0 Å². The Morgan fingerprint density at radius 2 is 2.05 bits per heavy atom. The minimum atomic E-state index is 0.00994. The van der Waals surface area contributed by atoms with E-state index in [-0.39, 0.29) is 30.6 Å². The van der Waals surface area contributed by atoms with Crippen LogP contribution in [0.5, 0.6) is 0 Å². The first-order valence-corrected chi connectivity index (χ1v) is 8.41. The van der Waals surface area contributed by atoms with E-state index < -0.39 is 0 Å². The SMILES string of the molecule is CN(CC(=O)N1CC[C@H]2OCC(=O)N(C)[C@H]2C1)C1CCCC1. The van der Waals surface area contributed by atoms with Crippen molar-refractivity contribution in [2.75, 3.05) is 40.3 Å². The van der Waals surface area contributed by atoms with E-state index in [4.69, 9.17) is 4.74 Å². The number of fused-ring (bicyclic) bond motifs is 1. The van der Waals surface area contributed by atoms with Gasteiger partial charge < -0.3 is 14.5 Å². The van der Waals surface area contributed by atoms with E-state index >= 15 is 0 Å². The molecule has 0 spiro atoms. The van der Waals surface area contributed by atoms with Gasteiger partial charge in [-0.25, -0.2) is 0 Å². The summed E-state index contributed by atoms with van der Waals surface area (Å²) in [6, 6.07) is 0.569. The largest absolute Gasteiger partial charge is 0.366 e. The maximum atomic E-state index is 12.6. The lowest BCUT2D eigenvalue weighted by molar-refractivity contribution is -0.163. The molecule has 22 heavy (non-hydrogen) atoms. The van der Waals surface area contributed by atoms with Gasteiger partial charge in [0, 0.05) is 26.2 Å². The monoisotopic (exact) mass is 309 g/mol. The summed E-state index contributed by atoms with van der Waals surface area (Å²) in [6.07, 6.45) is 5.88. The predicted octanol–water partition coefficient (Wildman–Crippen LogP) is 0.319. The van der Waals surface area contributed by atoms with Gasteiger partial charge >= 0.3 is 0 Å². The zero-order valence-corrected chi connectivity index (χ0v) is 13.7. The van der Waals surface area contributed by atoms with Crippen LogP contribution in [-0.2, 0) is 14.3 Å². The summed E-state index contributed by atoms with van der Waals surface area (Å²) in [5.41, 5.74) is 0. The van der Waals surface area contributed by atoms with Gasteiger partial charge in [-0.3, -0.25) is 14.5 Å². The summed E-state index contributed by atoms with van der Waals surface area (Å²) in [7, 11) is 3.88. The average molecular weight is 309 g/mol. The summed E-state index contributed by atoms with van der Waals surface area (Å²) in [5, 5.41) is 0. The molecule has 3 fully saturated rings. The van der Waals surface area contributed by atoms with Crippen LogP contribution in [0.4, 0.5) is 0 Å². The molecule has 0 aromatic rings. The van der Waals surface area contributed by atoms with Crippen LogP contribution in [0.25, 0.3) is 0 Å². The molecule has 0 unspecified atom stereocenters. The Bertz CT molecular complexity index is 436. The van der Waals surface area contributed by atoms with Crippen molar-refractivity contribution in [2.24, 2.45) is 0 Å². The maximum Gasteiger partial charge on any atom is 0.248 e. The van der Waals surface area contributed by atoms with Crippen LogP contribution >= 0.6 is 0 Å². The molecule has 1 saturated carbocycles. The average Bonchev–Trinajstić information content (AvgIpc) is 3.05. The number of amides is 2. The van der Waals surface area contributed by atoms with Crippen molar-refractivity contribution in [3.63, 3.8) is 0 Å². The third kappa shape index (κ3) is 3.13. The van der Waals surface area contributed by atoms with E-state index in [1.807, 2.05) is 11.9 Å². The van der Waals surface area contributed by atoms with Crippen molar-refractivity contribution < 1.29 is 14.3 Å². The molecular formula is C16H27N3O3. The molecule has 6 nitrogen and oxygen atoms in total. The van der Waals surface area contributed by atoms with E-state index in [2.05, 4.69) is 11.9 Å². The number of piperidine rings is 1. The minimum Gasteiger partial charge on any atom is -0.366 e. The van der Waals surface area contributed by atoms with Crippen molar-refractivity contribution in [3.05, 3.63) is 0 Å². The highest BCUT2D eigenvalue weighted by atomic mass is 16.5. The zero-order valence-electron chi connectivity index (χ0n) is 13.7. The molecule has 6 heteroatoms. The van der Waals surface area contributed by atoms with Crippen LogP contribution in [0.15, 0.2) is 0 Å². The quantitative estimate of drug-likeness (QED) is 0.753. The van der Waals surface area contributed by atoms with Crippen LogP contribution in [0.2, 0.25) is 0 Å². The number of ether oxygens (including phenoxy) is 1. The molecule has 3 aliphatic rings. The number of likely N-dealkylation sites (N-methyl/N-ethyl adjacent to an activating group) is 2. The lowest BCUT2D eigenvalue weighted by atomic mass is 9.99. The Kier molecular flexibility index (Phi) is 4.68. The standard InChI is InChI=1S/C16H27N3O3/c1-17(12-5-3-4-6-12)10-15(20)19-8-7-14-13(9-19)18(2)16(21)11-22-14/h12-14H,3-11H2,1-2H3/t13-,14+/m0/s1. The number of morpholine rings is 1. The summed E-state index contributed by atoms with van der Waals surface area (Å²) in [6.45, 7) is 2.00. The molecule has 3 rings (SSSR count). The van der Waals surface area contributed by atoms with E-state index in [1.165, 1.54) is 25.7 Å². The third-order valence-corrected chi connectivity index (χ3v) is 5.52. The lowest BCUT2D eigenvalue weighted by Crippen LogP contribution is -2.62. The second-order valence-electron chi connectivity index (χ2n) is 6.90. The first-order valence-electron chi connectivity index (χ1n) is 8.41. The van der Waals surface area contributed by atoms with Crippen molar-refractivity contribution >= 4 is 11.8 Å². The Labute approximate surface area is 132 Å². The number of rotatable bonds is 3. The van der Waals surface area contributed by atoms with E-state index in [0.29, 0.717) is 19.1 Å². The number of carbonyl (C=O) groups is 2. The molecule has 2 atom stereocenters. The van der Waals surface area contributed by atoms with E-state index in [0.717, 1.165) is 13.0 Å². The fourth-order valence-corrected chi connectivity index (χ4v) is 3.96. The number of likely N-dealkylation sites (tertiary alicyclic amines) is 1. The van der Waals surface area contributed by atoms with Crippen LogP contribution in [0.3, 0.4) is 0 Å². The van der Waals surface area contributed by atoms with Gasteiger partial charge in [-0.05, 0) is 26.3 Å². The molecule has 2 aliphatic heterocycles. The third-order valence-electron chi connectivity index (χ3n) is 5.52. The summed E-state index contributed by atoms with van der Waals surface area (Å²) >= 11 is 0. The molecule has 0 aromatic heterocycles. The fraction of sp³-hybridized carbons (Fsp3) is 0.875. The predicted molar refractivity (Wildman–Crippen MR) is 82.4 cm³/mol. The molecule has 0 aromatic carbocycles. The molecule has 2 saturated heterocycles. The maximum absolute atomic E-state index is 12.6. The minimum absolute atomic E-state index is 0.00994. The van der Waals surface area contributed by atoms with Crippen molar-refractivity contribution in [2.45, 2.75) is 50.3 Å². The molecule has 1 aliphatic carbocycles. The smallest absolute Gasteiger partial charge is 0.248 e. The number of nitrogens with zero attached hydrogens (tertiary/aromatic N) is 3. The molecule has 2 amide bonds.